The molecule has 0 aromatic heterocycles. The van der Waals surface area contributed by atoms with Gasteiger partial charge in [0.05, 0.1) is 0 Å². The van der Waals surface area contributed by atoms with Crippen molar-refractivity contribution in [3.8, 4) is 0 Å². The minimum Gasteiger partial charge on any atom is -0.313 e. The number of hydrogen-bond acceptors (Lipinski definition) is 3. The van der Waals surface area contributed by atoms with Gasteiger partial charge in [0.15, 0.2) is 0 Å². The van der Waals surface area contributed by atoms with E-state index < -0.39 is 0 Å². The Morgan fingerprint density at radius 2 is 1.90 bits per heavy atom. The van der Waals surface area contributed by atoms with Crippen molar-refractivity contribution in [1.82, 2.24) is 10.2 Å². The molecule has 0 spiro atoms. The number of nitrogens with one attached hydrogen (secondary N) is 1. The molecule has 2 aliphatic carbocycles. The van der Waals surface area contributed by atoms with Crippen LogP contribution in [0.15, 0.2) is 0 Å². The van der Waals surface area contributed by atoms with Crippen molar-refractivity contribution in [3.05, 3.63) is 0 Å². The van der Waals surface area contributed by atoms with Crippen LogP contribution in [-0.2, 0) is 0 Å². The van der Waals surface area contributed by atoms with Gasteiger partial charge in [0.1, 0.15) is 0 Å². The molecule has 3 heteroatoms. The molecule has 2 nitrogen and oxygen atoms in total. The lowest BCUT2D eigenvalue weighted by Gasteiger charge is -2.43. The van der Waals surface area contributed by atoms with E-state index in [1.165, 1.54) is 69.5 Å². The molecule has 3 aliphatic rings. The Balaban J connectivity index is 1.57. The van der Waals surface area contributed by atoms with Gasteiger partial charge in [0.25, 0.3) is 0 Å². The second-order valence-electron chi connectivity index (χ2n) is 7.77. The molecule has 0 aromatic rings. The highest BCUT2D eigenvalue weighted by Gasteiger charge is 2.38. The zero-order chi connectivity index (χ0) is 14.0. The van der Waals surface area contributed by atoms with Gasteiger partial charge in [-0.3, -0.25) is 0 Å². The van der Waals surface area contributed by atoms with Crippen LogP contribution >= 0.6 is 11.8 Å². The summed E-state index contributed by atoms with van der Waals surface area (Å²) in [6, 6.07) is 1.70. The molecule has 0 radical (unpaired) electrons. The number of rotatable bonds is 6. The number of thioether (sulfide) groups is 1. The van der Waals surface area contributed by atoms with Gasteiger partial charge in [0, 0.05) is 30.9 Å². The molecule has 3 rings (SSSR count). The summed E-state index contributed by atoms with van der Waals surface area (Å²) in [5.41, 5.74) is 0.567. The first-order chi connectivity index (χ1) is 9.67. The average Bonchev–Trinajstić information content (AvgIpc) is 3.11. The van der Waals surface area contributed by atoms with Crippen LogP contribution in [0.1, 0.15) is 51.9 Å². The van der Waals surface area contributed by atoms with Gasteiger partial charge in [-0.1, -0.05) is 19.8 Å². The first-order valence-corrected chi connectivity index (χ1v) is 9.84. The fraction of sp³-hybridized carbons (Fsp3) is 1.00. The molecule has 1 heterocycles. The minimum absolute atomic E-state index is 0.567. The number of nitrogens with zero attached hydrogens (tertiary/aromatic N) is 1. The maximum atomic E-state index is 3.85. The fourth-order valence-corrected chi connectivity index (χ4v) is 5.24. The smallest absolute Gasteiger partial charge is 0.0191 e. The van der Waals surface area contributed by atoms with Crippen LogP contribution in [0.5, 0.6) is 0 Å². The quantitative estimate of drug-likeness (QED) is 0.809. The summed E-state index contributed by atoms with van der Waals surface area (Å²) < 4.78 is 0. The first-order valence-electron chi connectivity index (χ1n) is 8.68. The molecule has 0 aromatic carbocycles. The molecular formula is C17H32N2S. The monoisotopic (exact) mass is 296 g/mol. The lowest BCUT2D eigenvalue weighted by molar-refractivity contribution is 0.0831. The van der Waals surface area contributed by atoms with Gasteiger partial charge < -0.3 is 10.2 Å². The van der Waals surface area contributed by atoms with Crippen molar-refractivity contribution < 1.29 is 0 Å². The summed E-state index contributed by atoms with van der Waals surface area (Å²) in [5, 5.41) is 3.85. The van der Waals surface area contributed by atoms with E-state index in [1.807, 2.05) is 0 Å². The Morgan fingerprint density at radius 3 is 2.50 bits per heavy atom. The molecule has 1 atom stereocenters. The average molecular weight is 297 g/mol. The molecule has 1 saturated heterocycles. The van der Waals surface area contributed by atoms with Gasteiger partial charge in [-0.2, -0.15) is 11.8 Å². The molecule has 2 saturated carbocycles. The van der Waals surface area contributed by atoms with Crippen LogP contribution in [0.25, 0.3) is 0 Å². The first kappa shape index (κ1) is 15.2. The lowest BCUT2D eigenvalue weighted by atomic mass is 9.70. The summed E-state index contributed by atoms with van der Waals surface area (Å²) in [4.78, 5) is 2.70. The Labute approximate surface area is 129 Å². The van der Waals surface area contributed by atoms with Gasteiger partial charge in [-0.25, -0.2) is 0 Å². The van der Waals surface area contributed by atoms with Gasteiger partial charge in [0.2, 0.25) is 0 Å². The molecule has 1 aliphatic heterocycles. The summed E-state index contributed by atoms with van der Waals surface area (Å²) in [5.74, 6) is 3.69. The maximum Gasteiger partial charge on any atom is 0.0191 e. The second kappa shape index (κ2) is 6.58. The Bertz CT molecular complexity index is 302. The van der Waals surface area contributed by atoms with Crippen molar-refractivity contribution in [1.29, 1.82) is 0 Å². The Morgan fingerprint density at radius 1 is 1.15 bits per heavy atom. The zero-order valence-corrected chi connectivity index (χ0v) is 14.2. The van der Waals surface area contributed by atoms with Crippen molar-refractivity contribution >= 4 is 11.8 Å². The van der Waals surface area contributed by atoms with Crippen LogP contribution in [0.4, 0.5) is 0 Å². The molecular weight excluding hydrogens is 264 g/mol. The van der Waals surface area contributed by atoms with Crippen molar-refractivity contribution in [3.63, 3.8) is 0 Å². The molecule has 1 N–H and O–H groups in total. The minimum atomic E-state index is 0.567. The van der Waals surface area contributed by atoms with E-state index in [0.717, 1.165) is 18.0 Å². The van der Waals surface area contributed by atoms with Crippen LogP contribution in [0.2, 0.25) is 0 Å². The highest BCUT2D eigenvalue weighted by atomic mass is 32.2. The van der Waals surface area contributed by atoms with E-state index in [4.69, 9.17) is 0 Å². The molecule has 1 unspecified atom stereocenters. The highest BCUT2D eigenvalue weighted by Crippen LogP contribution is 2.40. The third-order valence-corrected chi connectivity index (χ3v) is 6.94. The third-order valence-electron chi connectivity index (χ3n) is 5.79. The normalized spacial score (nSPS) is 38.5. The predicted octanol–water partition coefficient (Wildman–Crippen LogP) is 3.37. The largest absolute Gasteiger partial charge is 0.313 e. The van der Waals surface area contributed by atoms with Crippen LogP contribution in [0, 0.1) is 11.3 Å². The van der Waals surface area contributed by atoms with Crippen molar-refractivity contribution in [2.24, 2.45) is 11.3 Å². The van der Waals surface area contributed by atoms with Crippen LogP contribution in [0.3, 0.4) is 0 Å². The van der Waals surface area contributed by atoms with Gasteiger partial charge in [-0.15, -0.1) is 0 Å². The molecule has 3 fully saturated rings. The summed E-state index contributed by atoms with van der Waals surface area (Å²) >= 11 is 2.14. The summed E-state index contributed by atoms with van der Waals surface area (Å²) in [6.07, 6.45) is 10.0. The molecule has 0 bridgehead atoms. The number of hydrogen-bond donors (Lipinski definition) is 1. The Kier molecular flexibility index (Phi) is 4.99. The third kappa shape index (κ3) is 3.92. The van der Waals surface area contributed by atoms with Crippen molar-refractivity contribution in [2.75, 3.05) is 31.6 Å². The predicted molar refractivity (Wildman–Crippen MR) is 89.4 cm³/mol. The Hall–Kier alpha value is 0.270. The highest BCUT2D eigenvalue weighted by molar-refractivity contribution is 7.99. The van der Waals surface area contributed by atoms with Gasteiger partial charge in [-0.05, 0) is 56.2 Å². The fourth-order valence-electron chi connectivity index (χ4n) is 3.94. The van der Waals surface area contributed by atoms with Crippen molar-refractivity contribution in [2.45, 2.75) is 64.0 Å². The van der Waals surface area contributed by atoms with E-state index in [-0.39, 0.29) is 0 Å². The summed E-state index contributed by atoms with van der Waals surface area (Å²) in [6.45, 7) is 5.04. The maximum absolute atomic E-state index is 3.85. The summed E-state index contributed by atoms with van der Waals surface area (Å²) in [7, 11) is 2.38. The zero-order valence-electron chi connectivity index (χ0n) is 13.4. The molecule has 0 amide bonds. The topological polar surface area (TPSA) is 15.3 Å². The molecule has 20 heavy (non-hydrogen) atoms. The van der Waals surface area contributed by atoms with E-state index in [0.29, 0.717) is 5.41 Å². The van der Waals surface area contributed by atoms with Crippen LogP contribution < -0.4 is 5.32 Å². The van der Waals surface area contributed by atoms with E-state index >= 15 is 0 Å². The SMILES string of the molecule is CC1CCC(CNC2CC2)(CN(C)C2CCSC2)CC1. The molecule has 116 valence electrons. The van der Waals surface area contributed by atoms with E-state index in [9.17, 15) is 0 Å². The lowest BCUT2D eigenvalue weighted by Crippen LogP contribution is -2.48. The van der Waals surface area contributed by atoms with E-state index in [1.54, 1.807) is 0 Å². The second-order valence-corrected chi connectivity index (χ2v) is 8.92. The standard InChI is InChI=1S/C17H32N2S/c1-14-5-8-17(9-6-14,12-18-15-3-4-15)13-19(2)16-7-10-20-11-16/h14-16,18H,3-13H2,1-2H3. The van der Waals surface area contributed by atoms with Gasteiger partial charge >= 0.3 is 0 Å². The van der Waals surface area contributed by atoms with Crippen LogP contribution in [-0.4, -0.2) is 48.6 Å². The van der Waals surface area contributed by atoms with E-state index in [2.05, 4.69) is 35.9 Å².